The number of hydrogen-bond donors (Lipinski definition) is 1. The van der Waals surface area contributed by atoms with Crippen LogP contribution in [0.1, 0.15) is 15.9 Å². The number of nitrogens with one attached hydrogen (secondary N) is 1. The van der Waals surface area contributed by atoms with Crippen LogP contribution in [0, 0.1) is 0 Å². The monoisotopic (exact) mass is 499 g/mol. The number of carbonyl (C=O) groups is 2. The minimum absolute atomic E-state index is 0.0205. The van der Waals surface area contributed by atoms with Gasteiger partial charge in [0.25, 0.3) is 5.56 Å². The highest BCUT2D eigenvalue weighted by Gasteiger charge is 2.27. The summed E-state index contributed by atoms with van der Waals surface area (Å²) in [4.78, 5) is 41.3. The summed E-state index contributed by atoms with van der Waals surface area (Å²) in [6.45, 7) is -1.45. The van der Waals surface area contributed by atoms with E-state index in [1.165, 1.54) is 29.9 Å². The average molecular weight is 500 g/mol. The van der Waals surface area contributed by atoms with Crippen molar-refractivity contribution >= 4 is 46.1 Å². The summed E-state index contributed by atoms with van der Waals surface area (Å²) in [5.41, 5.74) is 0.489. The molecule has 1 N–H and O–H groups in total. The van der Waals surface area contributed by atoms with E-state index in [9.17, 15) is 27.6 Å². The molecule has 2 aromatic carbocycles. The van der Waals surface area contributed by atoms with E-state index in [2.05, 4.69) is 9.72 Å². The van der Waals surface area contributed by atoms with Crippen LogP contribution in [0.15, 0.2) is 52.4 Å². The third kappa shape index (κ3) is 6.26. The summed E-state index contributed by atoms with van der Waals surface area (Å²) in [6, 6.07) is 11.1. The van der Waals surface area contributed by atoms with Crippen molar-refractivity contribution in [1.82, 2.24) is 14.9 Å². The molecule has 0 unspecified atom stereocenters. The number of amides is 1. The Kier molecular flexibility index (Phi) is 7.65. The zero-order chi connectivity index (χ0) is 24.2. The highest BCUT2D eigenvalue weighted by molar-refractivity contribution is 7.99. The molecule has 0 atom stereocenters. The molecule has 1 heterocycles. The standard InChI is InChI=1S/C21H17ClF3N3O4S/c1-32-19(31)12-6-7-14-16(8-12)27-20(33-10-17(29)26-11-21(23,24)25)28(18(14)30)9-13-4-2-3-5-15(13)22/h2-8H,9-11H2,1H3,(H,26,29). The van der Waals surface area contributed by atoms with Gasteiger partial charge in [-0.25, -0.2) is 9.78 Å². The third-order valence-corrected chi connectivity index (χ3v) is 5.79. The van der Waals surface area contributed by atoms with Crippen LogP contribution in [0.3, 0.4) is 0 Å². The topological polar surface area (TPSA) is 90.3 Å². The molecule has 3 aromatic rings. The van der Waals surface area contributed by atoms with Gasteiger partial charge >= 0.3 is 12.1 Å². The van der Waals surface area contributed by atoms with Gasteiger partial charge in [-0.1, -0.05) is 41.6 Å². The van der Waals surface area contributed by atoms with E-state index in [1.54, 1.807) is 29.6 Å². The Balaban J connectivity index is 2.01. The number of benzene rings is 2. The number of rotatable bonds is 7. The fourth-order valence-electron chi connectivity index (χ4n) is 2.87. The number of methoxy groups -OCH3 is 1. The number of fused-ring (bicyclic) bond motifs is 1. The normalized spacial score (nSPS) is 11.4. The van der Waals surface area contributed by atoms with E-state index in [4.69, 9.17) is 11.6 Å². The first-order chi connectivity index (χ1) is 15.6. The molecule has 7 nitrogen and oxygen atoms in total. The summed E-state index contributed by atoms with van der Waals surface area (Å²) in [7, 11) is 1.21. The lowest BCUT2D eigenvalue weighted by Crippen LogP contribution is -2.35. The van der Waals surface area contributed by atoms with Gasteiger partial charge in [0.15, 0.2) is 5.16 Å². The lowest BCUT2D eigenvalue weighted by atomic mass is 10.1. The van der Waals surface area contributed by atoms with Crippen LogP contribution in [0.4, 0.5) is 13.2 Å². The van der Waals surface area contributed by atoms with Gasteiger partial charge in [-0.15, -0.1) is 0 Å². The summed E-state index contributed by atoms with van der Waals surface area (Å²) < 4.78 is 43.0. The zero-order valence-electron chi connectivity index (χ0n) is 17.1. The molecule has 12 heteroatoms. The maximum absolute atomic E-state index is 13.2. The minimum Gasteiger partial charge on any atom is -0.465 e. The highest BCUT2D eigenvalue weighted by Crippen LogP contribution is 2.22. The molecular formula is C21H17ClF3N3O4S. The number of thioether (sulfide) groups is 1. The quantitative estimate of drug-likeness (QED) is 0.303. The molecule has 33 heavy (non-hydrogen) atoms. The van der Waals surface area contributed by atoms with E-state index in [0.29, 0.717) is 10.6 Å². The minimum atomic E-state index is -4.54. The predicted molar refractivity (Wildman–Crippen MR) is 118 cm³/mol. The molecule has 0 radical (unpaired) electrons. The van der Waals surface area contributed by atoms with Crippen LogP contribution in [-0.4, -0.2) is 47.0 Å². The van der Waals surface area contributed by atoms with E-state index in [-0.39, 0.29) is 28.2 Å². The molecule has 0 aliphatic rings. The summed E-state index contributed by atoms with van der Waals surface area (Å²) in [6.07, 6.45) is -4.54. The fraction of sp³-hybridized carbons (Fsp3) is 0.238. The Morgan fingerprint density at radius 2 is 1.94 bits per heavy atom. The second-order valence-electron chi connectivity index (χ2n) is 6.78. The summed E-state index contributed by atoms with van der Waals surface area (Å²) >= 11 is 7.01. The molecule has 1 amide bonds. The lowest BCUT2D eigenvalue weighted by Gasteiger charge is -2.14. The van der Waals surface area contributed by atoms with Crippen molar-refractivity contribution in [1.29, 1.82) is 0 Å². The number of hydrogen-bond acceptors (Lipinski definition) is 6. The average Bonchev–Trinajstić information content (AvgIpc) is 2.78. The molecule has 0 saturated carbocycles. The van der Waals surface area contributed by atoms with Crippen molar-refractivity contribution in [2.75, 3.05) is 19.4 Å². The second-order valence-corrected chi connectivity index (χ2v) is 8.13. The van der Waals surface area contributed by atoms with Gasteiger partial charge in [0, 0.05) is 5.02 Å². The van der Waals surface area contributed by atoms with Gasteiger partial charge in [-0.2, -0.15) is 13.2 Å². The Bertz CT molecular complexity index is 1260. The maximum Gasteiger partial charge on any atom is 0.405 e. The molecule has 0 aliphatic carbocycles. The van der Waals surface area contributed by atoms with Gasteiger partial charge in [-0.05, 0) is 29.8 Å². The number of nitrogens with zero attached hydrogens (tertiary/aromatic N) is 2. The van der Waals surface area contributed by atoms with E-state index >= 15 is 0 Å². The maximum atomic E-state index is 13.2. The van der Waals surface area contributed by atoms with Gasteiger partial charge in [-0.3, -0.25) is 14.2 Å². The van der Waals surface area contributed by atoms with Crippen LogP contribution in [-0.2, 0) is 16.1 Å². The first-order valence-electron chi connectivity index (χ1n) is 9.41. The Hall–Kier alpha value is -3.05. The Labute approximate surface area is 194 Å². The number of aromatic nitrogens is 2. The fourth-order valence-corrected chi connectivity index (χ4v) is 3.90. The van der Waals surface area contributed by atoms with Crippen LogP contribution >= 0.6 is 23.4 Å². The van der Waals surface area contributed by atoms with Gasteiger partial charge in [0.1, 0.15) is 6.54 Å². The van der Waals surface area contributed by atoms with Crippen LogP contribution < -0.4 is 10.9 Å². The Morgan fingerprint density at radius 1 is 1.21 bits per heavy atom. The second kappa shape index (κ2) is 10.3. The summed E-state index contributed by atoms with van der Waals surface area (Å²) in [5.74, 6) is -1.91. The smallest absolute Gasteiger partial charge is 0.405 e. The number of halogens is 4. The molecule has 1 aromatic heterocycles. The van der Waals surface area contributed by atoms with Crippen molar-refractivity contribution in [2.45, 2.75) is 17.9 Å². The number of carbonyl (C=O) groups excluding carboxylic acids is 2. The van der Waals surface area contributed by atoms with E-state index in [0.717, 1.165) is 11.8 Å². The molecule has 0 saturated heterocycles. The third-order valence-electron chi connectivity index (χ3n) is 4.45. The van der Waals surface area contributed by atoms with Crippen molar-refractivity contribution in [3.63, 3.8) is 0 Å². The number of alkyl halides is 3. The van der Waals surface area contributed by atoms with E-state index < -0.39 is 35.9 Å². The lowest BCUT2D eigenvalue weighted by molar-refractivity contribution is -0.136. The SMILES string of the molecule is COC(=O)c1ccc2c(=O)n(Cc3ccccc3Cl)c(SCC(=O)NCC(F)(F)F)nc2c1. The molecule has 0 spiro atoms. The van der Waals surface area contributed by atoms with Crippen molar-refractivity contribution in [3.05, 3.63) is 69.0 Å². The predicted octanol–water partition coefficient (Wildman–Crippen LogP) is 3.66. The first-order valence-corrected chi connectivity index (χ1v) is 10.8. The van der Waals surface area contributed by atoms with Gasteiger partial charge in [0.2, 0.25) is 5.91 Å². The molecule has 0 aliphatic heterocycles. The molecule has 0 fully saturated rings. The largest absolute Gasteiger partial charge is 0.465 e. The van der Waals surface area contributed by atoms with Crippen LogP contribution in [0.2, 0.25) is 5.02 Å². The number of esters is 1. The Morgan fingerprint density at radius 3 is 2.61 bits per heavy atom. The molecule has 0 bridgehead atoms. The van der Waals surface area contributed by atoms with Crippen LogP contribution in [0.5, 0.6) is 0 Å². The first kappa shape index (κ1) is 24.6. The van der Waals surface area contributed by atoms with Crippen LogP contribution in [0.25, 0.3) is 10.9 Å². The molecular weight excluding hydrogens is 483 g/mol. The van der Waals surface area contributed by atoms with Crippen molar-refractivity contribution < 1.29 is 27.5 Å². The van der Waals surface area contributed by atoms with Gasteiger partial charge in [0.05, 0.1) is 35.9 Å². The van der Waals surface area contributed by atoms with Crippen molar-refractivity contribution in [3.8, 4) is 0 Å². The summed E-state index contributed by atoms with van der Waals surface area (Å²) in [5, 5.41) is 2.47. The zero-order valence-corrected chi connectivity index (χ0v) is 18.7. The highest BCUT2D eigenvalue weighted by atomic mass is 35.5. The van der Waals surface area contributed by atoms with Gasteiger partial charge < -0.3 is 10.1 Å². The molecule has 3 rings (SSSR count). The number of ether oxygens (including phenoxy) is 1. The molecule has 174 valence electrons. The van der Waals surface area contributed by atoms with Crippen molar-refractivity contribution in [2.24, 2.45) is 0 Å². The van der Waals surface area contributed by atoms with E-state index in [1.807, 2.05) is 0 Å².